The molecule has 0 bridgehead atoms. The number of sulfonamides is 1. The van der Waals surface area contributed by atoms with Crippen LogP contribution < -0.4 is 9.80 Å². The minimum Gasteiger partial charge on any atom is -0.356 e. The summed E-state index contributed by atoms with van der Waals surface area (Å²) >= 11 is 0. The molecule has 158 valence electrons. The first kappa shape index (κ1) is 21.5. The lowest BCUT2D eigenvalue weighted by atomic mass is 10.1. The Hall–Kier alpha value is -2.19. The number of aryl methyl sites for hydroxylation is 3. The number of hydrogen-bond acceptors (Lipinski definition) is 6. The summed E-state index contributed by atoms with van der Waals surface area (Å²) in [5, 5.41) is 8.71. The number of anilines is 2. The standard InChI is InChI=1S/C21H31N5O2S/c1-6-24(7-2)19-8-9-20(23-22-19)25-10-12-26(13-11-25)29(27,28)21-17(4)14-16(3)15-18(21)5/h8-9,14-15H,6-7,10-13H2,1-5H3. The van der Waals surface area contributed by atoms with E-state index in [0.717, 1.165) is 41.4 Å². The van der Waals surface area contributed by atoms with Crippen molar-refractivity contribution in [2.75, 3.05) is 49.1 Å². The van der Waals surface area contributed by atoms with Gasteiger partial charge in [0, 0.05) is 39.3 Å². The van der Waals surface area contributed by atoms with Crippen molar-refractivity contribution in [3.05, 3.63) is 41.0 Å². The third kappa shape index (κ3) is 4.38. The van der Waals surface area contributed by atoms with E-state index in [0.29, 0.717) is 31.1 Å². The van der Waals surface area contributed by atoms with Gasteiger partial charge in [-0.05, 0) is 57.9 Å². The lowest BCUT2D eigenvalue weighted by molar-refractivity contribution is 0.383. The van der Waals surface area contributed by atoms with Gasteiger partial charge in [0.2, 0.25) is 10.0 Å². The van der Waals surface area contributed by atoms with Crippen LogP contribution in [0.1, 0.15) is 30.5 Å². The minimum absolute atomic E-state index is 0.439. The SMILES string of the molecule is CCN(CC)c1ccc(N2CCN(S(=O)(=O)c3c(C)cc(C)cc3C)CC2)nn1. The number of nitrogens with zero attached hydrogens (tertiary/aromatic N) is 5. The summed E-state index contributed by atoms with van der Waals surface area (Å²) in [5.74, 6) is 1.66. The molecule has 0 unspecified atom stereocenters. The number of piperazine rings is 1. The molecule has 29 heavy (non-hydrogen) atoms. The molecule has 1 aliphatic heterocycles. The molecule has 0 aliphatic carbocycles. The number of benzene rings is 1. The molecule has 1 aromatic carbocycles. The molecule has 0 radical (unpaired) electrons. The molecule has 8 heteroatoms. The molecule has 1 saturated heterocycles. The van der Waals surface area contributed by atoms with Crippen molar-refractivity contribution in [3.8, 4) is 0 Å². The van der Waals surface area contributed by atoms with Gasteiger partial charge in [-0.25, -0.2) is 8.42 Å². The lowest BCUT2D eigenvalue weighted by Crippen LogP contribution is -2.49. The maximum absolute atomic E-state index is 13.2. The van der Waals surface area contributed by atoms with Gasteiger partial charge >= 0.3 is 0 Å². The van der Waals surface area contributed by atoms with Crippen LogP contribution in [0.2, 0.25) is 0 Å². The van der Waals surface area contributed by atoms with E-state index < -0.39 is 10.0 Å². The van der Waals surface area contributed by atoms with Crippen molar-refractivity contribution in [2.24, 2.45) is 0 Å². The van der Waals surface area contributed by atoms with Crippen LogP contribution in [0.25, 0.3) is 0 Å². The average Bonchev–Trinajstić information content (AvgIpc) is 2.68. The smallest absolute Gasteiger partial charge is 0.243 e. The van der Waals surface area contributed by atoms with E-state index in [-0.39, 0.29) is 0 Å². The quantitative estimate of drug-likeness (QED) is 0.720. The molecule has 3 rings (SSSR count). The van der Waals surface area contributed by atoms with Crippen molar-refractivity contribution in [1.29, 1.82) is 0 Å². The molecule has 0 spiro atoms. The molecular formula is C21H31N5O2S. The normalized spacial score (nSPS) is 15.6. The molecule has 0 N–H and O–H groups in total. The van der Waals surface area contributed by atoms with E-state index in [1.54, 1.807) is 4.31 Å². The van der Waals surface area contributed by atoms with Crippen LogP contribution in [-0.4, -0.2) is 62.2 Å². The van der Waals surface area contributed by atoms with Crippen LogP contribution in [0, 0.1) is 20.8 Å². The second-order valence-corrected chi connectivity index (χ2v) is 9.42. The second-order valence-electron chi connectivity index (χ2n) is 7.54. The zero-order valence-corrected chi connectivity index (χ0v) is 18.8. The Morgan fingerprint density at radius 3 is 2.00 bits per heavy atom. The van der Waals surface area contributed by atoms with Gasteiger partial charge in [0.15, 0.2) is 11.6 Å². The summed E-state index contributed by atoms with van der Waals surface area (Å²) in [7, 11) is -3.51. The van der Waals surface area contributed by atoms with E-state index >= 15 is 0 Å². The van der Waals surface area contributed by atoms with Crippen LogP contribution in [0.4, 0.5) is 11.6 Å². The third-order valence-corrected chi connectivity index (χ3v) is 7.69. The van der Waals surface area contributed by atoms with Gasteiger partial charge in [-0.15, -0.1) is 10.2 Å². The summed E-state index contributed by atoms with van der Waals surface area (Å²) in [5.41, 5.74) is 2.70. The Labute approximate surface area is 174 Å². The van der Waals surface area contributed by atoms with Crippen molar-refractivity contribution in [3.63, 3.8) is 0 Å². The lowest BCUT2D eigenvalue weighted by Gasteiger charge is -2.35. The first-order valence-corrected chi connectivity index (χ1v) is 11.6. The average molecular weight is 418 g/mol. The maximum atomic E-state index is 13.2. The Morgan fingerprint density at radius 1 is 0.931 bits per heavy atom. The summed E-state index contributed by atoms with van der Waals surface area (Å²) in [6.07, 6.45) is 0. The highest BCUT2D eigenvalue weighted by atomic mass is 32.2. The molecule has 0 atom stereocenters. The molecule has 1 aliphatic rings. The van der Waals surface area contributed by atoms with Gasteiger partial charge in [0.1, 0.15) is 0 Å². The zero-order valence-electron chi connectivity index (χ0n) is 18.0. The molecule has 1 fully saturated rings. The molecule has 0 saturated carbocycles. The first-order chi connectivity index (χ1) is 13.8. The van der Waals surface area contributed by atoms with E-state index in [2.05, 4.69) is 33.8 Å². The highest BCUT2D eigenvalue weighted by Crippen LogP contribution is 2.26. The molecule has 1 aromatic heterocycles. The van der Waals surface area contributed by atoms with Gasteiger partial charge in [0.25, 0.3) is 0 Å². The fourth-order valence-corrected chi connectivity index (χ4v) is 5.90. The molecule has 2 heterocycles. The Morgan fingerprint density at radius 2 is 1.52 bits per heavy atom. The Kier molecular flexibility index (Phi) is 6.43. The highest BCUT2D eigenvalue weighted by molar-refractivity contribution is 7.89. The van der Waals surface area contributed by atoms with E-state index in [4.69, 9.17) is 0 Å². The number of rotatable bonds is 6. The first-order valence-electron chi connectivity index (χ1n) is 10.2. The van der Waals surface area contributed by atoms with Crippen LogP contribution in [-0.2, 0) is 10.0 Å². The fourth-order valence-electron chi connectivity index (χ4n) is 4.06. The number of hydrogen-bond donors (Lipinski definition) is 0. The van der Waals surface area contributed by atoms with Gasteiger partial charge < -0.3 is 9.80 Å². The van der Waals surface area contributed by atoms with Crippen LogP contribution in [0.3, 0.4) is 0 Å². The van der Waals surface area contributed by atoms with Crippen molar-refractivity contribution in [1.82, 2.24) is 14.5 Å². The molecule has 7 nitrogen and oxygen atoms in total. The van der Waals surface area contributed by atoms with Crippen molar-refractivity contribution < 1.29 is 8.42 Å². The third-order valence-electron chi connectivity index (χ3n) is 5.49. The van der Waals surface area contributed by atoms with Crippen LogP contribution in [0.15, 0.2) is 29.2 Å². The van der Waals surface area contributed by atoms with Crippen LogP contribution in [0.5, 0.6) is 0 Å². The Balaban J connectivity index is 1.72. The van der Waals surface area contributed by atoms with Gasteiger partial charge in [0.05, 0.1) is 4.90 Å². The van der Waals surface area contributed by atoms with E-state index in [1.807, 2.05) is 45.0 Å². The van der Waals surface area contributed by atoms with E-state index in [9.17, 15) is 8.42 Å². The van der Waals surface area contributed by atoms with Gasteiger partial charge in [-0.1, -0.05) is 17.7 Å². The predicted octanol–water partition coefficient (Wildman–Crippen LogP) is 2.76. The summed E-state index contributed by atoms with van der Waals surface area (Å²) in [4.78, 5) is 4.69. The summed E-state index contributed by atoms with van der Waals surface area (Å²) in [6, 6.07) is 7.82. The Bertz CT molecular complexity index is 925. The number of aromatic nitrogens is 2. The largest absolute Gasteiger partial charge is 0.356 e. The predicted molar refractivity (Wildman–Crippen MR) is 117 cm³/mol. The van der Waals surface area contributed by atoms with Gasteiger partial charge in [-0.2, -0.15) is 4.31 Å². The molecule has 0 amide bonds. The van der Waals surface area contributed by atoms with E-state index in [1.165, 1.54) is 0 Å². The van der Waals surface area contributed by atoms with Crippen molar-refractivity contribution in [2.45, 2.75) is 39.5 Å². The summed E-state index contributed by atoms with van der Waals surface area (Å²) in [6.45, 7) is 13.8. The molecule has 2 aromatic rings. The zero-order chi connectivity index (χ0) is 21.2. The minimum atomic E-state index is -3.51. The highest BCUT2D eigenvalue weighted by Gasteiger charge is 2.31. The molecular weight excluding hydrogens is 386 g/mol. The summed E-state index contributed by atoms with van der Waals surface area (Å²) < 4.78 is 28.1. The monoisotopic (exact) mass is 417 g/mol. The van der Waals surface area contributed by atoms with Gasteiger partial charge in [-0.3, -0.25) is 0 Å². The second kappa shape index (κ2) is 8.67. The van der Waals surface area contributed by atoms with Crippen LogP contribution >= 0.6 is 0 Å². The van der Waals surface area contributed by atoms with Crippen molar-refractivity contribution >= 4 is 21.7 Å². The topological polar surface area (TPSA) is 69.6 Å². The fraction of sp³-hybridized carbons (Fsp3) is 0.524. The maximum Gasteiger partial charge on any atom is 0.243 e.